The molecule has 0 amide bonds. The van der Waals surface area contributed by atoms with Gasteiger partial charge in [-0.1, -0.05) is 158 Å². The normalized spacial score (nSPS) is 13.8. The monoisotopic (exact) mass is 577 g/mol. The molecule has 7 rings (SSSR count). The van der Waals surface area contributed by atoms with Crippen LogP contribution in [0.15, 0.2) is 176 Å². The summed E-state index contributed by atoms with van der Waals surface area (Å²) in [6.45, 7) is 0. The van der Waals surface area contributed by atoms with E-state index in [-0.39, 0.29) is 0 Å². The average Bonchev–Trinajstić information content (AvgIpc) is 3.42. The van der Waals surface area contributed by atoms with Crippen LogP contribution in [0.25, 0.3) is 21.5 Å². The van der Waals surface area contributed by atoms with Gasteiger partial charge < -0.3 is 5.73 Å². The molecule has 1 aliphatic heterocycles. The topological polar surface area (TPSA) is 26.0 Å². The minimum atomic E-state index is -3.07. The number of allylic oxidation sites excluding steroid dienone is 2. The van der Waals surface area contributed by atoms with Gasteiger partial charge in [0, 0.05) is 11.3 Å². The number of rotatable bonds is 5. The molecule has 0 aromatic heterocycles. The minimum Gasteiger partial charge on any atom is -0.399 e. The van der Waals surface area contributed by atoms with E-state index in [4.69, 9.17) is 5.73 Å². The van der Waals surface area contributed by atoms with Crippen molar-refractivity contribution < 1.29 is 0 Å². The summed E-state index contributed by atoms with van der Waals surface area (Å²) in [4.78, 5) is 0. The molecular formula is C42H31NSi. The van der Waals surface area contributed by atoms with Crippen molar-refractivity contribution in [2.75, 3.05) is 5.73 Å². The third-order valence-electron chi connectivity index (χ3n) is 8.26. The van der Waals surface area contributed by atoms with Gasteiger partial charge in [0.15, 0.2) is 0 Å². The lowest BCUT2D eigenvalue weighted by molar-refractivity contribution is 1.58. The minimum absolute atomic E-state index is 0.735. The number of anilines is 1. The maximum absolute atomic E-state index is 6.07. The highest BCUT2D eigenvalue weighted by atomic mass is 28.3. The second-order valence-corrected chi connectivity index (χ2v) is 14.3. The molecule has 1 aliphatic rings. The molecule has 0 spiro atoms. The van der Waals surface area contributed by atoms with Crippen LogP contribution in [0, 0.1) is 11.5 Å². The first kappa shape index (κ1) is 27.2. The van der Waals surface area contributed by atoms with Crippen LogP contribution in [0.4, 0.5) is 5.69 Å². The molecule has 44 heavy (non-hydrogen) atoms. The highest BCUT2D eigenvalue weighted by molar-refractivity contribution is 7.26. The fourth-order valence-corrected chi connectivity index (χ4v) is 11.1. The van der Waals surface area contributed by atoms with Crippen LogP contribution in [-0.4, -0.2) is 8.07 Å². The fraction of sp³-hybridized carbons (Fsp3) is 0. The van der Waals surface area contributed by atoms with Gasteiger partial charge in [0.2, 0.25) is 8.07 Å². The Bertz CT molecular complexity index is 1920. The van der Waals surface area contributed by atoms with Gasteiger partial charge in [-0.3, -0.25) is 0 Å². The van der Waals surface area contributed by atoms with E-state index < -0.39 is 8.07 Å². The Labute approximate surface area is 260 Å². The third kappa shape index (κ3) is 4.90. The molecule has 0 fully saturated rings. The average molecular weight is 578 g/mol. The van der Waals surface area contributed by atoms with Gasteiger partial charge in [0.05, 0.1) is 0 Å². The van der Waals surface area contributed by atoms with Crippen molar-refractivity contribution in [1.82, 2.24) is 0 Å². The third-order valence-corrected chi connectivity index (χ3v) is 12.5. The van der Waals surface area contributed by atoms with Gasteiger partial charge in [-0.2, -0.15) is 0 Å². The Balaban J connectivity index is 1.72. The summed E-state index contributed by atoms with van der Waals surface area (Å²) >= 11 is 0. The van der Waals surface area contributed by atoms with Gasteiger partial charge in [-0.25, -0.2) is 0 Å². The van der Waals surface area contributed by atoms with Crippen LogP contribution in [0.2, 0.25) is 0 Å². The SMILES string of the molecule is Nc1ccc(C#C[Si]2(c3ccccc3)C(c3ccccc3)=C(c3ccccc3)C(c3ccccc3)=C2c2ccccc2)cc1. The second-order valence-electron chi connectivity index (χ2n) is 11.0. The van der Waals surface area contributed by atoms with E-state index in [1.807, 2.05) is 24.3 Å². The van der Waals surface area contributed by atoms with Crippen molar-refractivity contribution in [3.63, 3.8) is 0 Å². The summed E-state index contributed by atoms with van der Waals surface area (Å²) in [6, 6.07) is 62.4. The van der Waals surface area contributed by atoms with Crippen LogP contribution in [-0.2, 0) is 0 Å². The molecule has 2 N–H and O–H groups in total. The summed E-state index contributed by atoms with van der Waals surface area (Å²) in [5.41, 5.74) is 19.1. The highest BCUT2D eigenvalue weighted by Gasteiger charge is 2.51. The molecule has 0 saturated carbocycles. The van der Waals surface area contributed by atoms with Crippen LogP contribution >= 0.6 is 0 Å². The maximum Gasteiger partial charge on any atom is 0.232 e. The van der Waals surface area contributed by atoms with Gasteiger partial charge in [-0.15, -0.1) is 5.54 Å². The van der Waals surface area contributed by atoms with Crippen molar-refractivity contribution in [3.05, 3.63) is 204 Å². The van der Waals surface area contributed by atoms with Crippen molar-refractivity contribution in [2.45, 2.75) is 0 Å². The van der Waals surface area contributed by atoms with Crippen LogP contribution in [0.5, 0.6) is 0 Å². The maximum atomic E-state index is 6.07. The smallest absolute Gasteiger partial charge is 0.232 e. The standard InChI is InChI=1S/C42H31NSi/c43-37-28-26-32(27-29-37)30-31-44(38-24-14-5-15-25-38)41(35-20-10-3-11-21-35)39(33-16-6-1-7-17-33)40(34-18-8-2-9-19-34)42(44)36-22-12-4-13-23-36/h1-29H,43H2. The summed E-state index contributed by atoms with van der Waals surface area (Å²) in [5.74, 6) is 3.68. The highest BCUT2D eigenvalue weighted by Crippen LogP contribution is 2.55. The Morgan fingerprint density at radius 3 is 1.16 bits per heavy atom. The van der Waals surface area contributed by atoms with Crippen LogP contribution < -0.4 is 10.9 Å². The van der Waals surface area contributed by atoms with Gasteiger partial charge >= 0.3 is 0 Å². The second kappa shape index (κ2) is 11.9. The zero-order valence-electron chi connectivity index (χ0n) is 24.3. The predicted octanol–water partition coefficient (Wildman–Crippen LogP) is 8.83. The number of hydrogen-bond donors (Lipinski definition) is 1. The largest absolute Gasteiger partial charge is 0.399 e. The first-order chi connectivity index (χ1) is 21.8. The molecule has 6 aromatic carbocycles. The van der Waals surface area contributed by atoms with E-state index in [2.05, 4.69) is 163 Å². The summed E-state index contributed by atoms with van der Waals surface area (Å²) in [6.07, 6.45) is 0. The van der Waals surface area contributed by atoms with Gasteiger partial charge in [-0.05, 0) is 73.2 Å². The van der Waals surface area contributed by atoms with E-state index in [1.165, 1.54) is 49.0 Å². The summed E-state index contributed by atoms with van der Waals surface area (Å²) in [7, 11) is -3.07. The molecule has 0 unspecified atom stereocenters. The number of nitrogen functional groups attached to an aromatic ring is 1. The molecular weight excluding hydrogens is 547 g/mol. The first-order valence-corrected chi connectivity index (χ1v) is 16.9. The molecule has 0 atom stereocenters. The fourth-order valence-electron chi connectivity index (χ4n) is 6.37. The Morgan fingerprint density at radius 2 is 0.750 bits per heavy atom. The Hall–Kier alpha value is -5.62. The van der Waals surface area contributed by atoms with E-state index in [0.717, 1.165) is 11.3 Å². The van der Waals surface area contributed by atoms with Crippen molar-refractivity contribution in [3.8, 4) is 11.5 Å². The Morgan fingerprint density at radius 1 is 0.386 bits per heavy atom. The molecule has 208 valence electrons. The van der Waals surface area contributed by atoms with E-state index in [1.54, 1.807) is 0 Å². The molecule has 0 bridgehead atoms. The summed E-state index contributed by atoms with van der Waals surface area (Å²) < 4.78 is 0. The van der Waals surface area contributed by atoms with Crippen molar-refractivity contribution in [1.29, 1.82) is 0 Å². The number of hydrogen-bond acceptors (Lipinski definition) is 1. The molecule has 0 radical (unpaired) electrons. The van der Waals surface area contributed by atoms with E-state index in [9.17, 15) is 0 Å². The first-order valence-electron chi connectivity index (χ1n) is 14.9. The number of benzene rings is 6. The van der Waals surface area contributed by atoms with E-state index in [0.29, 0.717) is 0 Å². The van der Waals surface area contributed by atoms with Crippen LogP contribution in [0.1, 0.15) is 27.8 Å². The molecule has 1 nitrogen and oxygen atoms in total. The zero-order valence-corrected chi connectivity index (χ0v) is 25.3. The van der Waals surface area contributed by atoms with Gasteiger partial charge in [0.1, 0.15) is 0 Å². The molecule has 0 aliphatic carbocycles. The lowest BCUT2D eigenvalue weighted by Gasteiger charge is -2.30. The predicted molar refractivity (Wildman–Crippen MR) is 189 cm³/mol. The lowest BCUT2D eigenvalue weighted by Crippen LogP contribution is -2.49. The molecule has 0 saturated heterocycles. The van der Waals surface area contributed by atoms with Gasteiger partial charge in [0.25, 0.3) is 0 Å². The quantitative estimate of drug-likeness (QED) is 0.124. The lowest BCUT2D eigenvalue weighted by atomic mass is 9.89. The van der Waals surface area contributed by atoms with E-state index >= 15 is 0 Å². The van der Waals surface area contributed by atoms with Crippen LogP contribution in [0.3, 0.4) is 0 Å². The zero-order chi connectivity index (χ0) is 29.8. The number of nitrogens with two attached hydrogens (primary N) is 1. The molecule has 2 heteroatoms. The van der Waals surface area contributed by atoms with Crippen molar-refractivity contribution in [2.24, 2.45) is 0 Å². The van der Waals surface area contributed by atoms with Crippen molar-refractivity contribution >= 4 is 40.5 Å². The molecule has 1 heterocycles. The Kier molecular flexibility index (Phi) is 7.38. The summed E-state index contributed by atoms with van der Waals surface area (Å²) in [5, 5.41) is 3.90. The molecule has 6 aromatic rings.